The van der Waals surface area contributed by atoms with Crippen molar-refractivity contribution in [2.75, 3.05) is 31.1 Å². The van der Waals surface area contributed by atoms with Crippen LogP contribution in [-0.4, -0.2) is 83.8 Å². The van der Waals surface area contributed by atoms with Crippen molar-refractivity contribution in [1.82, 2.24) is 10.2 Å². The molecule has 6 atom stereocenters. The number of rotatable bonds is 4. The average Bonchev–Trinajstić information content (AvgIpc) is 3.36. The third kappa shape index (κ3) is 4.78. The molecule has 0 unspecified atom stereocenters. The van der Waals surface area contributed by atoms with Crippen LogP contribution in [0.15, 0.2) is 66.8 Å². The van der Waals surface area contributed by atoms with Crippen molar-refractivity contribution in [2.45, 2.75) is 50.0 Å². The standard InChI is InChI=1S/C32H35N3O7/c1-20-19-33-25(37)11-5-4-10-24-26(31(40)41-20)27-29(38)35(16-7-17-36)28-30(39)34(15-6-14-32(27,28)42-24)23-13-12-21-8-2-3-9-22(21)18-23/h2-4,6,8-10,12-14,18,20,24,26-28,36H,5,7,11,15-17,19H2,1H3,(H,33,37)/b10-4-/t20-,24-,26+,27+,28-,32+/m0/s1. The summed E-state index contributed by atoms with van der Waals surface area (Å²) in [5.74, 6) is -3.44. The van der Waals surface area contributed by atoms with Crippen LogP contribution in [-0.2, 0) is 28.7 Å². The highest BCUT2D eigenvalue weighted by atomic mass is 16.6. The lowest BCUT2D eigenvalue weighted by atomic mass is 9.78. The Morgan fingerprint density at radius 2 is 1.86 bits per heavy atom. The minimum Gasteiger partial charge on any atom is -0.460 e. The number of allylic oxidation sites excluding steroid dienone is 1. The predicted molar refractivity (Wildman–Crippen MR) is 154 cm³/mol. The van der Waals surface area contributed by atoms with Gasteiger partial charge in [0.2, 0.25) is 11.8 Å². The summed E-state index contributed by atoms with van der Waals surface area (Å²) in [6.07, 6.45) is 6.62. The molecule has 2 fully saturated rings. The molecule has 4 aliphatic rings. The SMILES string of the molecule is C[C@H]1CNC(=O)CC/C=C\[C@@H]2O[C@@]34C=CCN(c5ccc6ccccc6c5)C(=O)[C@@H]3N(CCCO)C(=O)[C@H]4[C@@H]2C(=O)O1. The van der Waals surface area contributed by atoms with Gasteiger partial charge in [0.1, 0.15) is 23.7 Å². The number of carbonyl (C=O) groups excluding carboxylic acids is 4. The second-order valence-electron chi connectivity index (χ2n) is 11.4. The number of aliphatic hydroxyl groups excluding tert-OH is 1. The quantitative estimate of drug-likeness (QED) is 0.424. The average molecular weight is 574 g/mol. The number of carbonyl (C=O) groups is 4. The zero-order valence-corrected chi connectivity index (χ0v) is 23.5. The smallest absolute Gasteiger partial charge is 0.313 e. The van der Waals surface area contributed by atoms with Crippen molar-refractivity contribution < 1.29 is 33.8 Å². The number of amides is 3. The van der Waals surface area contributed by atoms with E-state index in [2.05, 4.69) is 5.32 Å². The fourth-order valence-corrected chi connectivity index (χ4v) is 6.72. The Kier molecular flexibility index (Phi) is 7.59. The zero-order valence-electron chi connectivity index (χ0n) is 23.5. The molecule has 0 bridgehead atoms. The Morgan fingerprint density at radius 1 is 1.05 bits per heavy atom. The van der Waals surface area contributed by atoms with Crippen LogP contribution in [0.4, 0.5) is 5.69 Å². The van der Waals surface area contributed by atoms with Crippen LogP contribution >= 0.6 is 0 Å². The summed E-state index contributed by atoms with van der Waals surface area (Å²) in [5.41, 5.74) is -0.723. The molecular weight excluding hydrogens is 538 g/mol. The molecule has 0 aromatic heterocycles. The third-order valence-electron chi connectivity index (χ3n) is 8.64. The number of hydrogen-bond donors (Lipinski definition) is 2. The summed E-state index contributed by atoms with van der Waals surface area (Å²) < 4.78 is 12.4. The monoisotopic (exact) mass is 573 g/mol. The van der Waals surface area contributed by atoms with Crippen LogP contribution in [0.3, 0.4) is 0 Å². The summed E-state index contributed by atoms with van der Waals surface area (Å²) in [5, 5.41) is 14.4. The Balaban J connectivity index is 1.42. The molecule has 0 radical (unpaired) electrons. The van der Waals surface area contributed by atoms with Gasteiger partial charge in [-0.25, -0.2) is 0 Å². The number of fused-ring (bicyclic) bond motifs is 3. The van der Waals surface area contributed by atoms with E-state index < -0.39 is 41.7 Å². The Labute approximate surface area is 243 Å². The third-order valence-corrected chi connectivity index (χ3v) is 8.64. The fraction of sp³-hybridized carbons (Fsp3) is 0.438. The van der Waals surface area contributed by atoms with Crippen molar-refractivity contribution in [1.29, 1.82) is 0 Å². The van der Waals surface area contributed by atoms with E-state index in [1.165, 1.54) is 4.90 Å². The molecule has 1 spiro atoms. The van der Waals surface area contributed by atoms with E-state index in [9.17, 15) is 24.3 Å². The molecule has 0 saturated carbocycles. The fourth-order valence-electron chi connectivity index (χ4n) is 6.72. The normalized spacial score (nSPS) is 32.3. The lowest BCUT2D eigenvalue weighted by Crippen LogP contribution is -2.55. The van der Waals surface area contributed by atoms with Gasteiger partial charge in [-0.2, -0.15) is 0 Å². The minimum absolute atomic E-state index is 0.136. The van der Waals surface area contributed by atoms with Crippen molar-refractivity contribution in [3.05, 3.63) is 66.8 Å². The van der Waals surface area contributed by atoms with Crippen LogP contribution in [0.25, 0.3) is 10.8 Å². The molecule has 10 heteroatoms. The number of benzene rings is 2. The molecule has 2 saturated heterocycles. The number of esters is 1. The Morgan fingerprint density at radius 3 is 2.67 bits per heavy atom. The predicted octanol–water partition coefficient (Wildman–Crippen LogP) is 2.10. The largest absolute Gasteiger partial charge is 0.460 e. The zero-order chi connectivity index (χ0) is 29.4. The number of ether oxygens (including phenoxy) is 2. The maximum atomic E-state index is 14.5. The maximum absolute atomic E-state index is 14.5. The van der Waals surface area contributed by atoms with Gasteiger partial charge in [-0.3, -0.25) is 19.2 Å². The number of nitrogens with one attached hydrogen (secondary N) is 1. The highest BCUT2D eigenvalue weighted by Gasteiger charge is 2.71. The number of aliphatic hydroxyl groups is 1. The van der Waals surface area contributed by atoms with E-state index in [0.717, 1.165) is 10.8 Å². The lowest BCUT2D eigenvalue weighted by Gasteiger charge is -2.35. The van der Waals surface area contributed by atoms with Crippen LogP contribution in [0.1, 0.15) is 26.2 Å². The first kappa shape index (κ1) is 28.1. The van der Waals surface area contributed by atoms with E-state index in [0.29, 0.717) is 12.1 Å². The van der Waals surface area contributed by atoms with Crippen LogP contribution in [0.2, 0.25) is 0 Å². The molecule has 4 heterocycles. The van der Waals surface area contributed by atoms with Gasteiger partial charge in [0.25, 0.3) is 5.91 Å². The number of nitrogens with zero attached hydrogens (tertiary/aromatic N) is 2. The van der Waals surface area contributed by atoms with E-state index in [1.807, 2.05) is 48.5 Å². The molecule has 3 amide bonds. The van der Waals surface area contributed by atoms with Crippen molar-refractivity contribution in [3.8, 4) is 0 Å². The molecule has 220 valence electrons. The second kappa shape index (κ2) is 11.3. The van der Waals surface area contributed by atoms with E-state index >= 15 is 0 Å². The molecule has 2 aromatic rings. The first-order valence-corrected chi connectivity index (χ1v) is 14.5. The number of cyclic esters (lactones) is 1. The summed E-state index contributed by atoms with van der Waals surface area (Å²) in [6, 6.07) is 12.6. The number of likely N-dealkylation sites (tertiary alicyclic amines) is 1. The van der Waals surface area contributed by atoms with Crippen LogP contribution < -0.4 is 10.2 Å². The van der Waals surface area contributed by atoms with Gasteiger partial charge in [-0.05, 0) is 42.7 Å². The number of hydrogen-bond acceptors (Lipinski definition) is 7. The van der Waals surface area contributed by atoms with Crippen LogP contribution in [0, 0.1) is 11.8 Å². The van der Waals surface area contributed by atoms with Gasteiger partial charge in [-0.15, -0.1) is 0 Å². The summed E-state index contributed by atoms with van der Waals surface area (Å²) in [4.78, 5) is 57.6. The summed E-state index contributed by atoms with van der Waals surface area (Å²) >= 11 is 0. The van der Waals surface area contributed by atoms with Crippen LogP contribution in [0.5, 0.6) is 0 Å². The van der Waals surface area contributed by atoms with Gasteiger partial charge in [0.15, 0.2) is 0 Å². The number of anilines is 1. The second-order valence-corrected chi connectivity index (χ2v) is 11.4. The highest BCUT2D eigenvalue weighted by molar-refractivity contribution is 6.06. The highest BCUT2D eigenvalue weighted by Crippen LogP contribution is 2.53. The molecule has 2 N–H and O–H groups in total. The molecule has 0 aliphatic carbocycles. The molecular formula is C32H35N3O7. The topological polar surface area (TPSA) is 125 Å². The van der Waals surface area contributed by atoms with Gasteiger partial charge >= 0.3 is 5.97 Å². The first-order chi connectivity index (χ1) is 20.3. The molecule has 6 rings (SSSR count). The lowest BCUT2D eigenvalue weighted by molar-refractivity contribution is -0.158. The molecule has 10 nitrogen and oxygen atoms in total. The molecule has 2 aromatic carbocycles. The van der Waals surface area contributed by atoms with Gasteiger partial charge < -0.3 is 29.7 Å². The van der Waals surface area contributed by atoms with E-state index in [-0.39, 0.29) is 56.8 Å². The van der Waals surface area contributed by atoms with Crippen molar-refractivity contribution in [2.24, 2.45) is 11.8 Å². The maximum Gasteiger partial charge on any atom is 0.313 e. The molecule has 42 heavy (non-hydrogen) atoms. The van der Waals surface area contributed by atoms with Gasteiger partial charge in [0, 0.05) is 31.8 Å². The summed E-state index contributed by atoms with van der Waals surface area (Å²) in [7, 11) is 0. The van der Waals surface area contributed by atoms with Crippen molar-refractivity contribution in [3.63, 3.8) is 0 Å². The Hall–Kier alpha value is -4.02. The summed E-state index contributed by atoms with van der Waals surface area (Å²) in [6.45, 7) is 2.07. The van der Waals surface area contributed by atoms with Crippen molar-refractivity contribution >= 4 is 40.2 Å². The first-order valence-electron chi connectivity index (χ1n) is 14.5. The minimum atomic E-state index is -1.41. The Bertz CT molecular complexity index is 1470. The van der Waals surface area contributed by atoms with E-state index in [1.54, 1.807) is 30.1 Å². The van der Waals surface area contributed by atoms with Gasteiger partial charge in [0.05, 0.1) is 18.6 Å². The molecule has 4 aliphatic heterocycles. The van der Waals surface area contributed by atoms with Gasteiger partial charge in [-0.1, -0.05) is 54.6 Å². The van der Waals surface area contributed by atoms with E-state index in [4.69, 9.17) is 9.47 Å².